The summed E-state index contributed by atoms with van der Waals surface area (Å²) in [6.45, 7) is 4.01. The number of ether oxygens (including phenoxy) is 1. The van der Waals surface area contributed by atoms with E-state index >= 15 is 0 Å². The van der Waals surface area contributed by atoms with E-state index in [1.807, 2.05) is 67.6 Å². The Bertz CT molecular complexity index is 1740. The molecule has 2 aromatic heterocycles. The molecule has 5 aromatic rings. The van der Waals surface area contributed by atoms with E-state index in [2.05, 4.69) is 38.1 Å². The van der Waals surface area contributed by atoms with E-state index in [1.165, 1.54) is 12.1 Å². The van der Waals surface area contributed by atoms with Crippen molar-refractivity contribution < 1.29 is 13.9 Å². The number of carbonyl (C=O) groups is 1. The monoisotopic (exact) mass is 591 g/mol. The van der Waals surface area contributed by atoms with Crippen LogP contribution in [-0.2, 0) is 4.79 Å². The van der Waals surface area contributed by atoms with Gasteiger partial charge in [0.25, 0.3) is 5.91 Å². The summed E-state index contributed by atoms with van der Waals surface area (Å²) in [6, 6.07) is 30.9. The summed E-state index contributed by atoms with van der Waals surface area (Å²) < 4.78 is 21.4. The zero-order valence-electron chi connectivity index (χ0n) is 23.7. The molecule has 3 heterocycles. The number of benzene rings is 3. The van der Waals surface area contributed by atoms with E-state index in [-0.39, 0.29) is 30.4 Å². The first-order valence-corrected chi connectivity index (χ1v) is 14.3. The SMILES string of the molecule is Cc1cc([C@@H]2[C@@H](c3ccccn3)NC(=S)N2c2ccc(NC(=O)COc3ccccc3)cc2)c(C)n1-c1ccc(F)cc1. The Morgan fingerprint density at radius 2 is 1.65 bits per heavy atom. The third kappa shape index (κ3) is 5.85. The lowest BCUT2D eigenvalue weighted by molar-refractivity contribution is -0.118. The molecule has 9 heteroatoms. The predicted octanol–water partition coefficient (Wildman–Crippen LogP) is 6.82. The van der Waals surface area contributed by atoms with Gasteiger partial charge in [-0.05, 0) is 110 Å². The Morgan fingerprint density at radius 1 is 0.953 bits per heavy atom. The Hall–Kier alpha value is -5.02. The predicted molar refractivity (Wildman–Crippen MR) is 170 cm³/mol. The van der Waals surface area contributed by atoms with Gasteiger partial charge in [0.2, 0.25) is 0 Å². The van der Waals surface area contributed by atoms with Crippen LogP contribution in [0.25, 0.3) is 5.69 Å². The van der Waals surface area contributed by atoms with Crippen LogP contribution in [0, 0.1) is 19.7 Å². The smallest absolute Gasteiger partial charge is 0.262 e. The molecule has 0 bridgehead atoms. The van der Waals surface area contributed by atoms with Crippen molar-refractivity contribution in [3.8, 4) is 11.4 Å². The number of amides is 1. The molecule has 1 saturated heterocycles. The molecule has 0 saturated carbocycles. The molecule has 0 unspecified atom stereocenters. The minimum Gasteiger partial charge on any atom is -0.484 e. The fourth-order valence-corrected chi connectivity index (χ4v) is 5.94. The van der Waals surface area contributed by atoms with Crippen LogP contribution < -0.4 is 20.3 Å². The van der Waals surface area contributed by atoms with Gasteiger partial charge in [-0.25, -0.2) is 4.39 Å². The molecule has 7 nitrogen and oxygen atoms in total. The summed E-state index contributed by atoms with van der Waals surface area (Å²) in [6.07, 6.45) is 1.78. The maximum atomic E-state index is 13.7. The molecule has 43 heavy (non-hydrogen) atoms. The standard InChI is InChI=1S/C34H30FN5O2S/c1-22-20-29(23(2)39(22)26-15-11-24(35)12-16-26)33-32(30-10-6-7-19-36-30)38-34(43)40(33)27-17-13-25(14-18-27)37-31(41)21-42-28-8-4-3-5-9-28/h3-20,32-33H,21H2,1-2H3,(H,37,41)(H,38,43)/t32-,33-/m1/s1. The van der Waals surface area contributed by atoms with Crippen LogP contribution in [0.15, 0.2) is 109 Å². The maximum Gasteiger partial charge on any atom is 0.262 e. The number of hydrogen-bond acceptors (Lipinski definition) is 4. The van der Waals surface area contributed by atoms with Crippen molar-refractivity contribution in [2.45, 2.75) is 25.9 Å². The second-order valence-corrected chi connectivity index (χ2v) is 10.7. The highest BCUT2D eigenvalue weighted by Crippen LogP contribution is 2.44. The van der Waals surface area contributed by atoms with Gasteiger partial charge in [0, 0.05) is 34.6 Å². The van der Waals surface area contributed by atoms with Crippen molar-refractivity contribution in [3.63, 3.8) is 0 Å². The number of para-hydroxylation sites is 1. The largest absolute Gasteiger partial charge is 0.484 e. The first kappa shape index (κ1) is 28.1. The fourth-order valence-electron chi connectivity index (χ4n) is 5.59. The van der Waals surface area contributed by atoms with Crippen LogP contribution in [-0.4, -0.2) is 27.2 Å². The van der Waals surface area contributed by atoms with Crippen LogP contribution in [0.5, 0.6) is 5.75 Å². The minimum absolute atomic E-state index is 0.0939. The number of pyridine rings is 1. The van der Waals surface area contributed by atoms with E-state index in [4.69, 9.17) is 17.0 Å². The van der Waals surface area contributed by atoms with Crippen molar-refractivity contribution in [2.75, 3.05) is 16.8 Å². The number of aromatic nitrogens is 2. The summed E-state index contributed by atoms with van der Waals surface area (Å²) >= 11 is 5.90. The molecular weight excluding hydrogens is 561 g/mol. The van der Waals surface area contributed by atoms with Crippen LogP contribution >= 0.6 is 12.2 Å². The molecule has 3 aromatic carbocycles. The van der Waals surface area contributed by atoms with Crippen molar-refractivity contribution >= 4 is 34.6 Å². The number of halogens is 1. The highest BCUT2D eigenvalue weighted by molar-refractivity contribution is 7.80. The zero-order valence-corrected chi connectivity index (χ0v) is 24.5. The molecule has 2 N–H and O–H groups in total. The van der Waals surface area contributed by atoms with Crippen molar-refractivity contribution in [1.82, 2.24) is 14.9 Å². The van der Waals surface area contributed by atoms with Gasteiger partial charge >= 0.3 is 0 Å². The Kier molecular flexibility index (Phi) is 7.89. The molecule has 0 aliphatic carbocycles. The fraction of sp³-hybridized carbons (Fsp3) is 0.147. The number of carbonyl (C=O) groups excluding carboxylic acids is 1. The number of hydrogen-bond donors (Lipinski definition) is 2. The van der Waals surface area contributed by atoms with Crippen LogP contribution in [0.3, 0.4) is 0 Å². The highest BCUT2D eigenvalue weighted by Gasteiger charge is 2.42. The molecule has 1 aliphatic rings. The number of rotatable bonds is 8. The number of aryl methyl sites for hydroxylation is 1. The lowest BCUT2D eigenvalue weighted by Gasteiger charge is -2.28. The third-order valence-corrected chi connectivity index (χ3v) is 7.83. The summed E-state index contributed by atoms with van der Waals surface area (Å²) in [5.74, 6) is 0.105. The topological polar surface area (TPSA) is 71.4 Å². The normalized spacial score (nSPS) is 16.2. The first-order chi connectivity index (χ1) is 20.9. The highest BCUT2D eigenvalue weighted by atomic mass is 32.1. The number of anilines is 2. The average Bonchev–Trinajstić information content (AvgIpc) is 3.52. The summed E-state index contributed by atoms with van der Waals surface area (Å²) in [5, 5.41) is 6.96. The molecule has 6 rings (SSSR count). The summed E-state index contributed by atoms with van der Waals surface area (Å²) in [4.78, 5) is 19.3. The number of thiocarbonyl (C=S) groups is 1. The zero-order chi connectivity index (χ0) is 29.9. The van der Waals surface area contributed by atoms with Crippen molar-refractivity contribution in [2.24, 2.45) is 0 Å². The number of nitrogens with one attached hydrogen (secondary N) is 2. The van der Waals surface area contributed by atoms with Crippen LogP contribution in [0.1, 0.15) is 34.7 Å². The Morgan fingerprint density at radius 3 is 2.35 bits per heavy atom. The molecule has 1 aliphatic heterocycles. The van der Waals surface area contributed by atoms with Gasteiger partial charge in [0.15, 0.2) is 11.7 Å². The van der Waals surface area contributed by atoms with E-state index in [9.17, 15) is 9.18 Å². The van der Waals surface area contributed by atoms with Gasteiger partial charge in [0.05, 0.1) is 17.8 Å². The maximum absolute atomic E-state index is 13.7. The van der Waals surface area contributed by atoms with E-state index in [0.29, 0.717) is 16.5 Å². The van der Waals surface area contributed by atoms with E-state index < -0.39 is 0 Å². The van der Waals surface area contributed by atoms with Gasteiger partial charge in [0.1, 0.15) is 11.6 Å². The molecule has 1 fully saturated rings. The average molecular weight is 592 g/mol. The quantitative estimate of drug-likeness (QED) is 0.193. The number of nitrogens with zero attached hydrogens (tertiary/aromatic N) is 3. The van der Waals surface area contributed by atoms with Crippen molar-refractivity contribution in [3.05, 3.63) is 138 Å². The van der Waals surface area contributed by atoms with Gasteiger partial charge in [-0.3, -0.25) is 9.78 Å². The van der Waals surface area contributed by atoms with Gasteiger partial charge in [-0.15, -0.1) is 0 Å². The molecule has 0 spiro atoms. The lowest BCUT2D eigenvalue weighted by atomic mass is 9.96. The van der Waals surface area contributed by atoms with Gasteiger partial charge < -0.3 is 24.8 Å². The molecule has 1 amide bonds. The Balaban J connectivity index is 1.30. The molecule has 0 radical (unpaired) electrons. The minimum atomic E-state index is -0.276. The Labute approximate surface area is 255 Å². The lowest BCUT2D eigenvalue weighted by Crippen LogP contribution is -2.29. The van der Waals surface area contributed by atoms with E-state index in [0.717, 1.165) is 34.0 Å². The van der Waals surface area contributed by atoms with Crippen molar-refractivity contribution in [1.29, 1.82) is 0 Å². The second-order valence-electron chi connectivity index (χ2n) is 10.3. The molecular formula is C34H30FN5O2S. The van der Waals surface area contributed by atoms with Gasteiger partial charge in [-0.2, -0.15) is 0 Å². The summed E-state index contributed by atoms with van der Waals surface area (Å²) in [5.41, 5.74) is 6.38. The van der Waals surface area contributed by atoms with Crippen LogP contribution in [0.4, 0.5) is 15.8 Å². The first-order valence-electron chi connectivity index (χ1n) is 13.9. The third-order valence-electron chi connectivity index (χ3n) is 7.51. The molecule has 2 atom stereocenters. The second kappa shape index (κ2) is 12.1. The summed E-state index contributed by atoms with van der Waals surface area (Å²) in [7, 11) is 0. The van der Waals surface area contributed by atoms with E-state index in [1.54, 1.807) is 30.5 Å². The molecule has 216 valence electrons. The van der Waals surface area contributed by atoms with Crippen LogP contribution in [0.2, 0.25) is 0 Å². The van der Waals surface area contributed by atoms with Gasteiger partial charge in [-0.1, -0.05) is 24.3 Å².